The van der Waals surface area contributed by atoms with Crippen LogP contribution in [0.2, 0.25) is 0 Å². The van der Waals surface area contributed by atoms with Gasteiger partial charge in [0.2, 0.25) is 0 Å². The number of rotatable bonds is 4. The van der Waals surface area contributed by atoms with Crippen molar-refractivity contribution in [1.82, 2.24) is 9.88 Å². The molecule has 0 fully saturated rings. The maximum Gasteiger partial charge on any atom is 0.335 e. The van der Waals surface area contributed by atoms with E-state index in [0.717, 1.165) is 16.5 Å². The summed E-state index contributed by atoms with van der Waals surface area (Å²) in [5, 5.41) is 12.4. The number of hydrogen-bond donors (Lipinski definition) is 1. The van der Waals surface area contributed by atoms with Crippen molar-refractivity contribution in [1.29, 1.82) is 0 Å². The summed E-state index contributed by atoms with van der Waals surface area (Å²) in [7, 11) is 0. The number of nitrogens with zero attached hydrogens (tertiary/aromatic N) is 3. The van der Waals surface area contributed by atoms with E-state index in [2.05, 4.69) is 25.9 Å². The quantitative estimate of drug-likeness (QED) is 0.857. The first-order valence-electron chi connectivity index (χ1n) is 5.42. The van der Waals surface area contributed by atoms with Crippen molar-refractivity contribution in [2.24, 2.45) is 4.99 Å². The van der Waals surface area contributed by atoms with Crippen LogP contribution in [-0.4, -0.2) is 45.2 Å². The highest BCUT2D eigenvalue weighted by molar-refractivity contribution is 9.09. The van der Waals surface area contributed by atoms with E-state index < -0.39 is 5.97 Å². The number of aromatic nitrogens is 1. The molecule has 0 unspecified atom stereocenters. The van der Waals surface area contributed by atoms with Crippen LogP contribution in [0, 0.1) is 0 Å². The van der Waals surface area contributed by atoms with E-state index in [4.69, 9.17) is 0 Å². The van der Waals surface area contributed by atoms with Gasteiger partial charge in [0.05, 0.1) is 12.1 Å². The van der Waals surface area contributed by atoms with E-state index >= 15 is 0 Å². The third kappa shape index (κ3) is 2.32. The molecule has 0 bridgehead atoms. The van der Waals surface area contributed by atoms with Gasteiger partial charge >= 0.3 is 5.97 Å². The molecule has 5 nitrogen and oxygen atoms in total. The predicted octanol–water partition coefficient (Wildman–Crippen LogP) is 1.96. The second-order valence-electron chi connectivity index (χ2n) is 3.59. The molecule has 1 aliphatic rings. The van der Waals surface area contributed by atoms with Crippen molar-refractivity contribution in [3.63, 3.8) is 0 Å². The van der Waals surface area contributed by atoms with Crippen molar-refractivity contribution in [2.75, 3.05) is 18.4 Å². The molecule has 0 spiro atoms. The Balaban J connectivity index is 2.41. The van der Waals surface area contributed by atoms with Crippen LogP contribution < -0.4 is 0 Å². The summed E-state index contributed by atoms with van der Waals surface area (Å²) in [5.74, 6) is -0.156. The minimum atomic E-state index is -0.912. The van der Waals surface area contributed by atoms with Gasteiger partial charge in [-0.25, -0.2) is 9.78 Å². The van der Waals surface area contributed by atoms with Crippen LogP contribution in [0.25, 0.3) is 0 Å². The smallest absolute Gasteiger partial charge is 0.335 e. The van der Waals surface area contributed by atoms with Gasteiger partial charge in [-0.3, -0.25) is 4.99 Å². The van der Waals surface area contributed by atoms with Crippen molar-refractivity contribution in [3.8, 4) is 0 Å². The van der Waals surface area contributed by atoms with Crippen LogP contribution in [0.1, 0.15) is 11.9 Å². The van der Waals surface area contributed by atoms with E-state index in [0.29, 0.717) is 17.4 Å². The van der Waals surface area contributed by atoms with Gasteiger partial charge in [0, 0.05) is 29.1 Å². The number of allylic oxidation sites excluding steroid dienone is 1. The van der Waals surface area contributed by atoms with Crippen LogP contribution in [-0.2, 0) is 4.79 Å². The van der Waals surface area contributed by atoms with Crippen LogP contribution in [0.3, 0.4) is 0 Å². The van der Waals surface area contributed by atoms with E-state index in [1.165, 1.54) is 11.3 Å². The normalized spacial score (nSPS) is 15.9. The highest BCUT2D eigenvalue weighted by Gasteiger charge is 2.27. The Morgan fingerprint density at radius 1 is 1.67 bits per heavy atom. The minimum Gasteiger partial charge on any atom is -0.478 e. The van der Waals surface area contributed by atoms with Crippen molar-refractivity contribution in [3.05, 3.63) is 27.9 Å². The third-order valence-electron chi connectivity index (χ3n) is 2.64. The lowest BCUT2D eigenvalue weighted by Gasteiger charge is -2.30. The second kappa shape index (κ2) is 5.62. The fourth-order valence-electron chi connectivity index (χ4n) is 1.82. The standard InChI is InChI=1S/C11H12BrN3O2S/c1-2-15-8(5-12)7(11(16)17)6-14-9(15)10-13-3-4-18-10/h3-4H,2,5-6H2,1H3,(H,16,17). The molecule has 0 atom stereocenters. The van der Waals surface area contributed by atoms with Crippen molar-refractivity contribution >= 4 is 39.1 Å². The number of amidine groups is 1. The molecule has 0 aliphatic carbocycles. The molecule has 96 valence electrons. The summed E-state index contributed by atoms with van der Waals surface area (Å²) < 4.78 is 0. The Hall–Kier alpha value is -1.21. The predicted molar refractivity (Wildman–Crippen MR) is 74.4 cm³/mol. The van der Waals surface area contributed by atoms with Crippen molar-refractivity contribution < 1.29 is 9.90 Å². The van der Waals surface area contributed by atoms with Gasteiger partial charge in [-0.15, -0.1) is 11.3 Å². The zero-order valence-corrected chi connectivity index (χ0v) is 12.2. The fourth-order valence-corrected chi connectivity index (χ4v) is 3.12. The molecule has 7 heteroatoms. The van der Waals surface area contributed by atoms with Gasteiger partial charge in [0.15, 0.2) is 10.8 Å². The van der Waals surface area contributed by atoms with Crippen LogP contribution >= 0.6 is 27.3 Å². The number of carbonyl (C=O) groups is 1. The van der Waals surface area contributed by atoms with Gasteiger partial charge in [-0.2, -0.15) is 0 Å². The number of alkyl halides is 1. The van der Waals surface area contributed by atoms with Gasteiger partial charge in [-0.05, 0) is 6.92 Å². The highest BCUT2D eigenvalue weighted by atomic mass is 79.9. The molecule has 2 heterocycles. The molecule has 1 aromatic heterocycles. The van der Waals surface area contributed by atoms with Crippen LogP contribution in [0.5, 0.6) is 0 Å². The van der Waals surface area contributed by atoms with Gasteiger partial charge in [0.1, 0.15) is 0 Å². The van der Waals surface area contributed by atoms with Crippen molar-refractivity contribution in [2.45, 2.75) is 6.92 Å². The molecule has 0 saturated heterocycles. The Morgan fingerprint density at radius 2 is 2.44 bits per heavy atom. The van der Waals surface area contributed by atoms with E-state index in [1.807, 2.05) is 17.2 Å². The van der Waals surface area contributed by atoms with Gasteiger partial charge < -0.3 is 10.0 Å². The maximum atomic E-state index is 11.2. The lowest BCUT2D eigenvalue weighted by atomic mass is 10.1. The van der Waals surface area contributed by atoms with Gasteiger partial charge in [-0.1, -0.05) is 15.9 Å². The van der Waals surface area contributed by atoms with Gasteiger partial charge in [0.25, 0.3) is 0 Å². The van der Waals surface area contributed by atoms with Crippen LogP contribution in [0.4, 0.5) is 0 Å². The number of thiazole rings is 1. The molecular formula is C11H12BrN3O2S. The summed E-state index contributed by atoms with van der Waals surface area (Å²) in [6.07, 6.45) is 1.72. The summed E-state index contributed by atoms with van der Waals surface area (Å²) in [6, 6.07) is 0. The fraction of sp³-hybridized carbons (Fsp3) is 0.364. The molecule has 1 aliphatic heterocycles. The number of aliphatic carboxylic acids is 1. The van der Waals surface area contributed by atoms with E-state index in [1.54, 1.807) is 6.20 Å². The number of carboxylic acids is 1. The largest absolute Gasteiger partial charge is 0.478 e. The molecule has 0 saturated carbocycles. The zero-order chi connectivity index (χ0) is 13.1. The SMILES string of the molecule is CCN1C(c2nccs2)=NCC(C(=O)O)=C1CBr. The Kier molecular flexibility index (Phi) is 4.13. The van der Waals surface area contributed by atoms with E-state index in [9.17, 15) is 9.90 Å². The lowest BCUT2D eigenvalue weighted by molar-refractivity contribution is -0.132. The first-order chi connectivity index (χ1) is 8.69. The Morgan fingerprint density at radius 3 is 2.94 bits per heavy atom. The monoisotopic (exact) mass is 329 g/mol. The molecular weight excluding hydrogens is 318 g/mol. The first kappa shape index (κ1) is 13.2. The third-order valence-corrected chi connectivity index (χ3v) is 3.94. The molecule has 18 heavy (non-hydrogen) atoms. The average molecular weight is 330 g/mol. The number of halogens is 1. The number of hydrogen-bond acceptors (Lipinski definition) is 5. The van der Waals surface area contributed by atoms with Crippen LogP contribution in [0.15, 0.2) is 27.8 Å². The lowest BCUT2D eigenvalue weighted by Crippen LogP contribution is -2.37. The molecule has 2 rings (SSSR count). The molecule has 1 N–H and O–H groups in total. The molecule has 1 aromatic rings. The first-order valence-corrected chi connectivity index (χ1v) is 7.42. The maximum absolute atomic E-state index is 11.2. The highest BCUT2D eigenvalue weighted by Crippen LogP contribution is 2.23. The summed E-state index contributed by atoms with van der Waals surface area (Å²) in [4.78, 5) is 21.7. The summed E-state index contributed by atoms with van der Waals surface area (Å²) in [5.41, 5.74) is 1.10. The topological polar surface area (TPSA) is 65.8 Å². The number of carboxylic acid groups (broad SMARTS) is 1. The zero-order valence-electron chi connectivity index (χ0n) is 9.76. The number of aliphatic imine (C=N–C) groups is 1. The van der Waals surface area contributed by atoms with E-state index in [-0.39, 0.29) is 6.54 Å². The molecule has 0 amide bonds. The molecule has 0 radical (unpaired) electrons. The average Bonchev–Trinajstić information content (AvgIpc) is 2.90. The molecule has 0 aromatic carbocycles. The Bertz CT molecular complexity index is 510. The Labute approximate surface area is 117 Å². The second-order valence-corrected chi connectivity index (χ2v) is 5.04. The summed E-state index contributed by atoms with van der Waals surface area (Å²) in [6.45, 7) is 2.83. The minimum absolute atomic E-state index is 0.196. The summed E-state index contributed by atoms with van der Waals surface area (Å²) >= 11 is 4.86.